The summed E-state index contributed by atoms with van der Waals surface area (Å²) >= 11 is 1.54. The summed E-state index contributed by atoms with van der Waals surface area (Å²) < 4.78 is 5.27. The smallest absolute Gasteiger partial charge is 0.238 e. The van der Waals surface area contributed by atoms with Gasteiger partial charge in [0.25, 0.3) is 0 Å². The predicted molar refractivity (Wildman–Crippen MR) is 84.9 cm³/mol. The average molecular weight is 318 g/mol. The van der Waals surface area contributed by atoms with Crippen LogP contribution in [0.25, 0.3) is 0 Å². The fourth-order valence-electron chi connectivity index (χ4n) is 2.22. The van der Waals surface area contributed by atoms with Crippen LogP contribution in [0.2, 0.25) is 0 Å². The average Bonchev–Trinajstić information content (AvgIpc) is 2.95. The van der Waals surface area contributed by atoms with E-state index in [-0.39, 0.29) is 17.2 Å². The van der Waals surface area contributed by atoms with Crippen LogP contribution >= 0.6 is 11.8 Å². The molecule has 22 heavy (non-hydrogen) atoms. The Morgan fingerprint density at radius 3 is 3.09 bits per heavy atom. The Hall–Kier alpha value is -1.86. The number of aromatic nitrogens is 2. The Balaban J connectivity index is 1.67. The summed E-state index contributed by atoms with van der Waals surface area (Å²) in [6, 6.07) is 8.06. The van der Waals surface area contributed by atoms with Crippen LogP contribution in [0, 0.1) is 0 Å². The quantitative estimate of drug-likeness (QED) is 0.876. The van der Waals surface area contributed by atoms with Gasteiger partial charge in [-0.3, -0.25) is 4.79 Å². The summed E-state index contributed by atoms with van der Waals surface area (Å²) in [6.45, 7) is 2.05. The highest BCUT2D eigenvalue weighted by Crippen LogP contribution is 2.36. The van der Waals surface area contributed by atoms with E-state index in [2.05, 4.69) is 27.7 Å². The van der Waals surface area contributed by atoms with Crippen molar-refractivity contribution >= 4 is 23.4 Å². The van der Waals surface area contributed by atoms with Crippen LogP contribution in [0.3, 0.4) is 0 Å². The van der Waals surface area contributed by atoms with E-state index in [0.717, 1.165) is 10.6 Å². The van der Waals surface area contributed by atoms with Gasteiger partial charge in [0.1, 0.15) is 0 Å². The maximum atomic E-state index is 12.2. The Bertz CT molecular complexity index is 673. The molecule has 7 heteroatoms. The van der Waals surface area contributed by atoms with Crippen molar-refractivity contribution in [3.8, 4) is 0 Å². The van der Waals surface area contributed by atoms with E-state index in [1.807, 2.05) is 31.3 Å². The molecule has 1 aliphatic heterocycles. The molecule has 0 fully saturated rings. The lowest BCUT2D eigenvalue weighted by Gasteiger charge is -2.22. The molecule has 2 N–H and O–H groups in total. The monoisotopic (exact) mass is 318 g/mol. The van der Waals surface area contributed by atoms with Crippen molar-refractivity contribution in [2.24, 2.45) is 0 Å². The minimum Gasteiger partial charge on any atom is -0.339 e. The number of nitrogens with zero attached hydrogens (tertiary/aromatic N) is 2. The molecule has 0 saturated heterocycles. The van der Waals surface area contributed by atoms with Gasteiger partial charge in [0, 0.05) is 23.8 Å². The molecule has 116 valence electrons. The van der Waals surface area contributed by atoms with Gasteiger partial charge >= 0.3 is 0 Å². The van der Waals surface area contributed by atoms with Crippen molar-refractivity contribution in [1.82, 2.24) is 15.5 Å². The van der Waals surface area contributed by atoms with Crippen molar-refractivity contribution in [2.75, 3.05) is 12.4 Å². The maximum Gasteiger partial charge on any atom is 0.238 e. The SMILES string of the molecule is CNC(C)Cc1noc(CC2Sc3ccccc3NC2=O)n1. The van der Waals surface area contributed by atoms with Crippen molar-refractivity contribution < 1.29 is 9.32 Å². The number of carbonyl (C=O) groups is 1. The van der Waals surface area contributed by atoms with Crippen LogP contribution in [-0.2, 0) is 17.6 Å². The number of likely N-dealkylation sites (N-methyl/N-ethyl adjacent to an activating group) is 1. The molecule has 3 rings (SSSR count). The summed E-state index contributed by atoms with van der Waals surface area (Å²) in [6.07, 6.45) is 1.14. The van der Waals surface area contributed by atoms with Crippen LogP contribution in [0.1, 0.15) is 18.6 Å². The van der Waals surface area contributed by atoms with Gasteiger partial charge in [-0.2, -0.15) is 4.98 Å². The zero-order chi connectivity index (χ0) is 15.5. The molecule has 0 aliphatic carbocycles. The van der Waals surface area contributed by atoms with Gasteiger partial charge in [0.05, 0.1) is 10.9 Å². The summed E-state index contributed by atoms with van der Waals surface area (Å²) in [4.78, 5) is 17.6. The highest BCUT2D eigenvalue weighted by molar-refractivity contribution is 8.01. The zero-order valence-electron chi connectivity index (χ0n) is 12.5. The maximum absolute atomic E-state index is 12.2. The molecule has 1 aromatic heterocycles. The van der Waals surface area contributed by atoms with Gasteiger partial charge in [0.15, 0.2) is 5.82 Å². The Morgan fingerprint density at radius 1 is 1.45 bits per heavy atom. The number of anilines is 1. The van der Waals surface area contributed by atoms with E-state index < -0.39 is 0 Å². The summed E-state index contributed by atoms with van der Waals surface area (Å²) in [5, 5.41) is 9.78. The van der Waals surface area contributed by atoms with E-state index >= 15 is 0 Å². The van der Waals surface area contributed by atoms with E-state index in [1.54, 1.807) is 0 Å². The van der Waals surface area contributed by atoms with Crippen LogP contribution < -0.4 is 10.6 Å². The molecule has 1 amide bonds. The van der Waals surface area contributed by atoms with E-state index in [0.29, 0.717) is 24.6 Å². The third-order valence-electron chi connectivity index (χ3n) is 3.56. The van der Waals surface area contributed by atoms with Gasteiger partial charge < -0.3 is 15.2 Å². The topological polar surface area (TPSA) is 80.0 Å². The number of hydrogen-bond donors (Lipinski definition) is 2. The molecule has 2 aromatic rings. The molecule has 2 atom stereocenters. The summed E-state index contributed by atoms with van der Waals surface area (Å²) in [7, 11) is 1.89. The zero-order valence-corrected chi connectivity index (χ0v) is 13.3. The lowest BCUT2D eigenvalue weighted by Crippen LogP contribution is -2.30. The Labute approximate surface area is 133 Å². The van der Waals surface area contributed by atoms with Crippen LogP contribution in [0.4, 0.5) is 5.69 Å². The van der Waals surface area contributed by atoms with Gasteiger partial charge in [-0.15, -0.1) is 11.8 Å². The molecule has 0 saturated carbocycles. The predicted octanol–water partition coefficient (Wildman–Crippen LogP) is 1.88. The fourth-order valence-corrected chi connectivity index (χ4v) is 3.32. The van der Waals surface area contributed by atoms with Crippen LogP contribution in [-0.4, -0.2) is 34.4 Å². The van der Waals surface area contributed by atoms with Crippen molar-refractivity contribution in [3.63, 3.8) is 0 Å². The minimum atomic E-state index is -0.245. The second-order valence-corrected chi connectivity index (χ2v) is 6.54. The second kappa shape index (κ2) is 6.50. The van der Waals surface area contributed by atoms with E-state index in [1.165, 1.54) is 11.8 Å². The van der Waals surface area contributed by atoms with Gasteiger partial charge in [-0.1, -0.05) is 17.3 Å². The Kier molecular flexibility index (Phi) is 4.44. The van der Waals surface area contributed by atoms with Crippen molar-refractivity contribution in [2.45, 2.75) is 36.0 Å². The second-order valence-electron chi connectivity index (χ2n) is 5.29. The van der Waals surface area contributed by atoms with Gasteiger partial charge in [-0.25, -0.2) is 0 Å². The first-order chi connectivity index (χ1) is 10.7. The van der Waals surface area contributed by atoms with Gasteiger partial charge in [-0.05, 0) is 26.1 Å². The molecule has 6 nitrogen and oxygen atoms in total. The molecular weight excluding hydrogens is 300 g/mol. The van der Waals surface area contributed by atoms with Gasteiger partial charge in [0.2, 0.25) is 11.8 Å². The number of rotatable bonds is 5. The lowest BCUT2D eigenvalue weighted by molar-refractivity contribution is -0.115. The molecule has 0 spiro atoms. The summed E-state index contributed by atoms with van der Waals surface area (Å²) in [5.41, 5.74) is 0.864. The molecule has 2 heterocycles. The molecule has 1 aromatic carbocycles. The normalized spacial score (nSPS) is 18.6. The number of carbonyl (C=O) groups excluding carboxylic acids is 1. The third-order valence-corrected chi connectivity index (χ3v) is 4.83. The number of para-hydroxylation sites is 1. The number of amides is 1. The molecular formula is C15H18N4O2S. The highest BCUT2D eigenvalue weighted by Gasteiger charge is 2.28. The minimum absolute atomic E-state index is 0.0213. The van der Waals surface area contributed by atoms with E-state index in [4.69, 9.17) is 4.52 Å². The lowest BCUT2D eigenvalue weighted by atomic mass is 10.2. The number of benzene rings is 1. The number of nitrogens with one attached hydrogen (secondary N) is 2. The first-order valence-electron chi connectivity index (χ1n) is 7.21. The number of fused-ring (bicyclic) bond motifs is 1. The largest absolute Gasteiger partial charge is 0.339 e. The van der Waals surface area contributed by atoms with Crippen molar-refractivity contribution in [1.29, 1.82) is 0 Å². The molecule has 2 unspecified atom stereocenters. The Morgan fingerprint density at radius 2 is 2.27 bits per heavy atom. The fraction of sp³-hybridized carbons (Fsp3) is 0.400. The van der Waals surface area contributed by atoms with Crippen LogP contribution in [0.15, 0.2) is 33.7 Å². The van der Waals surface area contributed by atoms with Crippen molar-refractivity contribution in [3.05, 3.63) is 36.0 Å². The first-order valence-corrected chi connectivity index (χ1v) is 8.09. The number of thioether (sulfide) groups is 1. The first kappa shape index (κ1) is 15.1. The molecule has 0 bridgehead atoms. The highest BCUT2D eigenvalue weighted by atomic mass is 32.2. The standard InChI is InChI=1S/C15H18N4O2S/c1-9(16-2)7-13-18-14(21-19-13)8-12-15(20)17-10-5-3-4-6-11(10)22-12/h3-6,9,12,16H,7-8H2,1-2H3,(H,17,20). The number of hydrogen-bond acceptors (Lipinski definition) is 6. The molecule has 0 radical (unpaired) electrons. The van der Waals surface area contributed by atoms with E-state index in [9.17, 15) is 4.79 Å². The summed E-state index contributed by atoms with van der Waals surface area (Å²) in [5.74, 6) is 1.15. The third kappa shape index (κ3) is 3.31. The van der Waals surface area contributed by atoms with Crippen LogP contribution in [0.5, 0.6) is 0 Å². The molecule has 1 aliphatic rings.